The highest BCUT2D eigenvalue weighted by atomic mass is 32.2. The molecule has 1 aliphatic rings. The van der Waals surface area contributed by atoms with Gasteiger partial charge < -0.3 is 20.7 Å². The number of hydrogen-bond acceptors (Lipinski definition) is 6. The lowest BCUT2D eigenvalue weighted by molar-refractivity contribution is 0.0696. The first kappa shape index (κ1) is 27.7. The van der Waals surface area contributed by atoms with Crippen molar-refractivity contribution in [2.75, 3.05) is 5.32 Å². The number of carboxylic acid groups (broad SMARTS) is 1. The van der Waals surface area contributed by atoms with Crippen molar-refractivity contribution >= 4 is 33.6 Å². The van der Waals surface area contributed by atoms with Gasteiger partial charge >= 0.3 is 5.97 Å². The summed E-state index contributed by atoms with van der Waals surface area (Å²) in [5.41, 5.74) is 4.97. The molecule has 41 heavy (non-hydrogen) atoms. The lowest BCUT2D eigenvalue weighted by Gasteiger charge is -2.30. The molecule has 0 radical (unpaired) electrons. The maximum absolute atomic E-state index is 13.8. The number of hydrogen-bond donors (Lipinski definition) is 4. The number of nitrogens with two attached hydrogens (primary N) is 1. The Morgan fingerprint density at radius 1 is 1.07 bits per heavy atom. The minimum absolute atomic E-state index is 0.00478. The highest BCUT2D eigenvalue weighted by molar-refractivity contribution is 7.89. The lowest BCUT2D eigenvalue weighted by Crippen LogP contribution is -2.40. The third kappa shape index (κ3) is 4.74. The molecule has 15 heteroatoms. The third-order valence-electron chi connectivity index (χ3n) is 6.81. The van der Waals surface area contributed by atoms with E-state index in [1.807, 2.05) is 0 Å². The summed E-state index contributed by atoms with van der Waals surface area (Å²) in [6.45, 7) is 2.83. The maximum Gasteiger partial charge on any atom is 0.337 e. The maximum atomic E-state index is 13.8. The van der Waals surface area contributed by atoms with Gasteiger partial charge in [0.1, 0.15) is 11.6 Å². The number of anilines is 1. The zero-order valence-corrected chi connectivity index (χ0v) is 22.3. The number of halogens is 2. The van der Waals surface area contributed by atoms with E-state index in [1.165, 1.54) is 41.2 Å². The van der Waals surface area contributed by atoms with Gasteiger partial charge in [-0.1, -0.05) is 0 Å². The monoisotopic (exact) mass is 584 g/mol. The van der Waals surface area contributed by atoms with Gasteiger partial charge in [0, 0.05) is 36.3 Å². The number of rotatable bonds is 7. The molecule has 2 aromatic carbocycles. The van der Waals surface area contributed by atoms with Gasteiger partial charge in [-0.25, -0.2) is 22.0 Å². The largest absolute Gasteiger partial charge is 0.478 e. The molecule has 5 N–H and O–H groups in total. The SMILES string of the molecule is CC1(C)c2[nH]nc(NC(=O)c3cc(-n4ccc(C(=O)O)c4)ccc3C(N)=O)c2CN1S(=O)(=O)c1cc(F)cc(F)c1. The van der Waals surface area contributed by atoms with Gasteiger partial charge in [-0.3, -0.25) is 14.7 Å². The van der Waals surface area contributed by atoms with Gasteiger partial charge in [0.2, 0.25) is 15.9 Å². The number of amides is 2. The van der Waals surface area contributed by atoms with Crippen LogP contribution in [0.3, 0.4) is 0 Å². The zero-order chi connectivity index (χ0) is 29.9. The lowest BCUT2D eigenvalue weighted by atomic mass is 10.0. The fraction of sp³-hybridized carbons (Fsp3) is 0.154. The van der Waals surface area contributed by atoms with Crippen molar-refractivity contribution in [2.45, 2.75) is 30.8 Å². The number of primary amides is 1. The van der Waals surface area contributed by atoms with Crippen LogP contribution in [0.25, 0.3) is 5.69 Å². The van der Waals surface area contributed by atoms with Gasteiger partial charge in [0.05, 0.1) is 32.8 Å². The second kappa shape index (κ2) is 9.64. The number of aromatic nitrogens is 3. The van der Waals surface area contributed by atoms with Crippen LogP contribution in [-0.2, 0) is 22.1 Å². The predicted molar refractivity (Wildman–Crippen MR) is 140 cm³/mol. The number of fused-ring (bicyclic) bond motifs is 1. The van der Waals surface area contributed by atoms with Crippen LogP contribution < -0.4 is 11.1 Å². The Hall–Kier alpha value is -4.89. The summed E-state index contributed by atoms with van der Waals surface area (Å²) in [5, 5.41) is 18.6. The molecule has 2 aromatic heterocycles. The van der Waals surface area contributed by atoms with Crippen LogP contribution in [0.1, 0.15) is 56.2 Å². The highest BCUT2D eigenvalue weighted by Gasteiger charge is 2.48. The van der Waals surface area contributed by atoms with Crippen LogP contribution in [-0.4, -0.2) is 50.4 Å². The predicted octanol–water partition coefficient (Wildman–Crippen LogP) is 2.97. The molecule has 0 saturated carbocycles. The number of carbonyl (C=O) groups is 3. The molecule has 5 rings (SSSR count). The van der Waals surface area contributed by atoms with Crippen molar-refractivity contribution in [3.63, 3.8) is 0 Å². The van der Waals surface area contributed by atoms with Crippen LogP contribution >= 0.6 is 0 Å². The minimum Gasteiger partial charge on any atom is -0.478 e. The van der Waals surface area contributed by atoms with E-state index in [-0.39, 0.29) is 29.1 Å². The van der Waals surface area contributed by atoms with Gasteiger partial charge in [-0.05, 0) is 50.2 Å². The van der Waals surface area contributed by atoms with Crippen LogP contribution in [0.5, 0.6) is 0 Å². The molecule has 1 aliphatic heterocycles. The van der Waals surface area contributed by atoms with E-state index in [9.17, 15) is 36.7 Å². The van der Waals surface area contributed by atoms with Crippen molar-refractivity contribution in [1.29, 1.82) is 0 Å². The molecule has 0 spiro atoms. The minimum atomic E-state index is -4.40. The van der Waals surface area contributed by atoms with Crippen molar-refractivity contribution in [2.24, 2.45) is 5.73 Å². The molecule has 0 fully saturated rings. The van der Waals surface area contributed by atoms with E-state index in [0.29, 0.717) is 35.1 Å². The van der Waals surface area contributed by atoms with Crippen molar-refractivity contribution in [1.82, 2.24) is 19.1 Å². The number of benzene rings is 2. The number of aromatic amines is 1. The molecule has 0 atom stereocenters. The Morgan fingerprint density at radius 2 is 1.76 bits per heavy atom. The molecule has 2 amide bonds. The quantitative estimate of drug-likeness (QED) is 0.258. The van der Waals surface area contributed by atoms with Crippen LogP contribution in [0.4, 0.5) is 14.6 Å². The van der Waals surface area contributed by atoms with Crippen molar-refractivity contribution < 1.29 is 36.7 Å². The number of H-pyrrole nitrogens is 1. The summed E-state index contributed by atoms with van der Waals surface area (Å²) < 4.78 is 56.9. The average molecular weight is 585 g/mol. The summed E-state index contributed by atoms with van der Waals surface area (Å²) in [6, 6.07) is 7.48. The highest BCUT2D eigenvalue weighted by Crippen LogP contribution is 2.44. The van der Waals surface area contributed by atoms with E-state index in [1.54, 1.807) is 13.8 Å². The summed E-state index contributed by atoms with van der Waals surface area (Å²) >= 11 is 0. The first-order valence-corrected chi connectivity index (χ1v) is 13.4. The Morgan fingerprint density at radius 3 is 2.37 bits per heavy atom. The number of carbonyl (C=O) groups excluding carboxylic acids is 2. The van der Waals surface area contributed by atoms with E-state index >= 15 is 0 Å². The van der Waals surface area contributed by atoms with Crippen molar-refractivity contribution in [3.05, 3.63) is 94.4 Å². The number of aromatic carboxylic acids is 1. The standard InChI is InChI=1S/C26H22F2N6O6S/c1-26(2)21-20(12-34(26)41(39,40)17-8-14(27)7-15(28)9-17)23(32-31-21)30-24(36)19-10-16(3-4-18(19)22(29)35)33-6-5-13(11-33)25(37)38/h3-11H,12H2,1-2H3,(H2,29,35)(H,37,38)(H2,30,31,32,36). The summed E-state index contributed by atoms with van der Waals surface area (Å²) in [4.78, 5) is 36.1. The third-order valence-corrected chi connectivity index (χ3v) is 8.81. The molecule has 0 aliphatic carbocycles. The molecular weight excluding hydrogens is 562 g/mol. The molecule has 0 bridgehead atoms. The molecule has 0 saturated heterocycles. The van der Waals surface area contributed by atoms with Gasteiger partial charge in [0.15, 0.2) is 5.82 Å². The number of nitrogens with one attached hydrogen (secondary N) is 2. The molecule has 212 valence electrons. The number of sulfonamides is 1. The molecule has 0 unspecified atom stereocenters. The molecule has 12 nitrogen and oxygen atoms in total. The Balaban J connectivity index is 1.48. The fourth-order valence-corrected chi connectivity index (χ4v) is 6.51. The summed E-state index contributed by atoms with van der Waals surface area (Å²) in [5.74, 6) is -4.98. The number of carboxylic acids is 1. The van der Waals surface area contributed by atoms with Crippen LogP contribution in [0, 0.1) is 11.6 Å². The first-order chi connectivity index (χ1) is 19.2. The smallest absolute Gasteiger partial charge is 0.337 e. The van der Waals surface area contributed by atoms with Crippen molar-refractivity contribution in [3.8, 4) is 5.69 Å². The summed E-state index contributed by atoms with van der Waals surface area (Å²) in [6.07, 6.45) is 2.79. The van der Waals surface area contributed by atoms with Crippen LogP contribution in [0.2, 0.25) is 0 Å². The molecular formula is C26H22F2N6O6S. The summed E-state index contributed by atoms with van der Waals surface area (Å²) in [7, 11) is -4.40. The van der Waals surface area contributed by atoms with Gasteiger partial charge in [0.25, 0.3) is 5.91 Å². The Bertz CT molecular complexity index is 1840. The fourth-order valence-electron chi connectivity index (χ4n) is 4.74. The van der Waals surface area contributed by atoms with E-state index < -0.39 is 49.9 Å². The van der Waals surface area contributed by atoms with Gasteiger partial charge in [-0.15, -0.1) is 0 Å². The Kier molecular flexibility index (Phi) is 6.50. The van der Waals surface area contributed by atoms with Gasteiger partial charge in [-0.2, -0.15) is 9.40 Å². The average Bonchev–Trinajstić information content (AvgIpc) is 3.60. The first-order valence-electron chi connectivity index (χ1n) is 11.9. The molecule has 4 aromatic rings. The Labute approximate surface area is 231 Å². The zero-order valence-electron chi connectivity index (χ0n) is 21.5. The van der Waals surface area contributed by atoms with Crippen LogP contribution in [0.15, 0.2) is 59.8 Å². The molecule has 3 heterocycles. The van der Waals surface area contributed by atoms with E-state index in [2.05, 4.69) is 15.5 Å². The second-order valence-corrected chi connectivity index (χ2v) is 11.6. The second-order valence-electron chi connectivity index (χ2n) is 9.76. The number of nitrogens with zero attached hydrogens (tertiary/aromatic N) is 3. The van der Waals surface area contributed by atoms with E-state index in [4.69, 9.17) is 5.73 Å². The topological polar surface area (TPSA) is 180 Å². The normalized spacial score (nSPS) is 14.5. The van der Waals surface area contributed by atoms with E-state index in [0.717, 1.165) is 4.31 Å².